The van der Waals surface area contributed by atoms with Crippen molar-refractivity contribution >= 4 is 27.8 Å². The van der Waals surface area contributed by atoms with Crippen LogP contribution in [-0.4, -0.2) is 34.9 Å². The van der Waals surface area contributed by atoms with Gasteiger partial charge in [0.15, 0.2) is 5.76 Å². The minimum Gasteiger partial charge on any atom is -0.493 e. The minimum absolute atomic E-state index is 0.172. The number of pyridine rings is 1. The molecule has 2 bridgehead atoms. The van der Waals surface area contributed by atoms with Crippen LogP contribution in [0.2, 0.25) is 0 Å². The number of carbonyl (C=O) groups is 1. The van der Waals surface area contributed by atoms with E-state index >= 15 is 0 Å². The fourth-order valence-electron chi connectivity index (χ4n) is 5.58. The van der Waals surface area contributed by atoms with E-state index in [1.165, 1.54) is 0 Å². The predicted molar refractivity (Wildman–Crippen MR) is 129 cm³/mol. The van der Waals surface area contributed by atoms with E-state index in [1.54, 1.807) is 6.07 Å². The molecule has 2 aromatic carbocycles. The average molecular weight is 458 g/mol. The fourth-order valence-corrected chi connectivity index (χ4v) is 5.58. The third-order valence-corrected chi connectivity index (χ3v) is 7.29. The van der Waals surface area contributed by atoms with Crippen LogP contribution in [0.4, 0.5) is 0 Å². The molecule has 174 valence electrons. The van der Waals surface area contributed by atoms with Crippen molar-refractivity contribution in [3.05, 3.63) is 59.2 Å². The summed E-state index contributed by atoms with van der Waals surface area (Å²) in [4.78, 5) is 17.3. The van der Waals surface area contributed by atoms with Crippen LogP contribution in [0.25, 0.3) is 33.3 Å². The number of aromatic nitrogens is 1. The second kappa shape index (κ2) is 8.13. The molecule has 1 unspecified atom stereocenters. The Bertz CT molecular complexity index is 1410. The van der Waals surface area contributed by atoms with Crippen LogP contribution in [0.5, 0.6) is 5.75 Å². The molecule has 0 radical (unpaired) electrons. The number of furan rings is 1. The molecule has 2 aromatic heterocycles. The van der Waals surface area contributed by atoms with Crippen molar-refractivity contribution in [2.24, 2.45) is 5.92 Å². The van der Waals surface area contributed by atoms with E-state index in [4.69, 9.17) is 18.9 Å². The molecule has 2 aliphatic heterocycles. The largest absolute Gasteiger partial charge is 0.493 e. The molecule has 2 aliphatic rings. The van der Waals surface area contributed by atoms with E-state index in [0.717, 1.165) is 47.8 Å². The monoisotopic (exact) mass is 457 g/mol. The SMILES string of the molecule is Cc1c(-c2cc(C(=O)O)c3c(OCC4C[C@H]5CC[C@@H](C4)O5)ccc(C)c3n2)oc2ccccc12. The van der Waals surface area contributed by atoms with Gasteiger partial charge >= 0.3 is 5.97 Å². The highest BCUT2D eigenvalue weighted by molar-refractivity contribution is 6.07. The minimum atomic E-state index is -1.01. The predicted octanol–water partition coefficient (Wildman–Crippen LogP) is 6.30. The molecule has 6 rings (SSSR count). The summed E-state index contributed by atoms with van der Waals surface area (Å²) in [6.45, 7) is 4.47. The molecule has 4 heterocycles. The van der Waals surface area contributed by atoms with Gasteiger partial charge in [0.2, 0.25) is 0 Å². The number of fused-ring (bicyclic) bond motifs is 4. The lowest BCUT2D eigenvalue weighted by molar-refractivity contribution is -0.0282. The summed E-state index contributed by atoms with van der Waals surface area (Å²) in [7, 11) is 0. The zero-order chi connectivity index (χ0) is 23.4. The Balaban J connectivity index is 1.42. The molecule has 1 N–H and O–H groups in total. The van der Waals surface area contributed by atoms with Crippen LogP contribution in [0, 0.1) is 19.8 Å². The number of ether oxygens (including phenoxy) is 2. The Hall–Kier alpha value is -3.38. The van der Waals surface area contributed by atoms with E-state index in [1.807, 2.05) is 50.2 Å². The number of aryl methyl sites for hydroxylation is 2. The molecule has 6 nitrogen and oxygen atoms in total. The molecular weight excluding hydrogens is 430 g/mol. The number of para-hydroxylation sites is 1. The molecule has 2 fully saturated rings. The zero-order valence-corrected chi connectivity index (χ0v) is 19.3. The Morgan fingerprint density at radius 3 is 2.62 bits per heavy atom. The number of nitrogens with zero attached hydrogens (tertiary/aromatic N) is 1. The van der Waals surface area contributed by atoms with E-state index in [-0.39, 0.29) is 5.56 Å². The van der Waals surface area contributed by atoms with Gasteiger partial charge in [0.25, 0.3) is 0 Å². The summed E-state index contributed by atoms with van der Waals surface area (Å²) in [5.74, 6) is 0.564. The van der Waals surface area contributed by atoms with Crippen molar-refractivity contribution in [2.45, 2.75) is 51.7 Å². The number of hydrogen-bond acceptors (Lipinski definition) is 5. The fraction of sp³-hybridized carbons (Fsp3) is 0.357. The van der Waals surface area contributed by atoms with Gasteiger partial charge in [-0.2, -0.15) is 0 Å². The van der Waals surface area contributed by atoms with Crippen molar-refractivity contribution in [2.75, 3.05) is 6.61 Å². The van der Waals surface area contributed by atoms with E-state index in [0.29, 0.717) is 52.8 Å². The first-order valence-electron chi connectivity index (χ1n) is 11.9. The third kappa shape index (κ3) is 3.53. The Labute approximate surface area is 197 Å². The number of benzene rings is 2. The number of hydrogen-bond donors (Lipinski definition) is 1. The van der Waals surface area contributed by atoms with Gasteiger partial charge < -0.3 is 19.0 Å². The van der Waals surface area contributed by atoms with Gasteiger partial charge in [-0.25, -0.2) is 9.78 Å². The second-order valence-corrected chi connectivity index (χ2v) is 9.62. The highest BCUT2D eigenvalue weighted by Gasteiger charge is 2.35. The molecule has 6 heteroatoms. The Morgan fingerprint density at radius 1 is 1.12 bits per heavy atom. The van der Waals surface area contributed by atoms with Crippen molar-refractivity contribution in [3.63, 3.8) is 0 Å². The summed E-state index contributed by atoms with van der Waals surface area (Å²) < 4.78 is 18.3. The second-order valence-electron chi connectivity index (χ2n) is 9.62. The first-order valence-corrected chi connectivity index (χ1v) is 11.9. The molecule has 3 atom stereocenters. The number of rotatable bonds is 5. The summed E-state index contributed by atoms with van der Waals surface area (Å²) in [6.07, 6.45) is 4.94. The Morgan fingerprint density at radius 2 is 1.88 bits per heavy atom. The van der Waals surface area contributed by atoms with Crippen molar-refractivity contribution in [3.8, 4) is 17.2 Å². The smallest absolute Gasteiger partial charge is 0.336 e. The van der Waals surface area contributed by atoms with Gasteiger partial charge in [-0.3, -0.25) is 0 Å². The zero-order valence-electron chi connectivity index (χ0n) is 19.3. The van der Waals surface area contributed by atoms with E-state index in [9.17, 15) is 9.90 Å². The van der Waals surface area contributed by atoms with Gasteiger partial charge in [-0.15, -0.1) is 0 Å². The molecule has 0 spiro atoms. The highest BCUT2D eigenvalue weighted by Crippen LogP contribution is 2.39. The van der Waals surface area contributed by atoms with Crippen LogP contribution in [-0.2, 0) is 4.74 Å². The summed E-state index contributed by atoms with van der Waals surface area (Å²) >= 11 is 0. The van der Waals surface area contributed by atoms with Crippen LogP contribution in [0.3, 0.4) is 0 Å². The maximum absolute atomic E-state index is 12.4. The molecule has 0 aliphatic carbocycles. The quantitative estimate of drug-likeness (QED) is 0.379. The maximum atomic E-state index is 12.4. The van der Waals surface area contributed by atoms with Crippen LogP contribution >= 0.6 is 0 Å². The van der Waals surface area contributed by atoms with E-state index in [2.05, 4.69) is 0 Å². The first kappa shape index (κ1) is 21.2. The van der Waals surface area contributed by atoms with Gasteiger partial charge in [0.1, 0.15) is 17.0 Å². The van der Waals surface area contributed by atoms with Gasteiger partial charge in [0.05, 0.1) is 35.3 Å². The number of aromatic carboxylic acids is 1. The lowest BCUT2D eigenvalue weighted by Gasteiger charge is -2.28. The van der Waals surface area contributed by atoms with Gasteiger partial charge in [-0.05, 0) is 69.2 Å². The maximum Gasteiger partial charge on any atom is 0.336 e. The topological polar surface area (TPSA) is 81.8 Å². The number of carboxylic acid groups (broad SMARTS) is 1. The summed E-state index contributed by atoms with van der Waals surface area (Å²) in [5, 5.41) is 11.7. The lowest BCUT2D eigenvalue weighted by Crippen LogP contribution is -2.28. The first-order chi connectivity index (χ1) is 16.5. The molecular formula is C28H27NO5. The molecule has 4 aromatic rings. The van der Waals surface area contributed by atoms with Crippen molar-refractivity contribution in [1.29, 1.82) is 0 Å². The lowest BCUT2D eigenvalue weighted by atomic mass is 9.96. The molecule has 0 saturated carbocycles. The normalized spacial score (nSPS) is 21.9. The average Bonchev–Trinajstić information content (AvgIpc) is 3.36. The summed E-state index contributed by atoms with van der Waals surface area (Å²) in [5.41, 5.74) is 3.90. The van der Waals surface area contributed by atoms with Crippen molar-refractivity contribution in [1.82, 2.24) is 4.98 Å². The third-order valence-electron chi connectivity index (χ3n) is 7.29. The van der Waals surface area contributed by atoms with Crippen LogP contribution < -0.4 is 4.74 Å². The Kier molecular flexibility index (Phi) is 5.06. The molecule has 2 saturated heterocycles. The molecule has 0 amide bonds. The molecule has 34 heavy (non-hydrogen) atoms. The van der Waals surface area contributed by atoms with Crippen LogP contribution in [0.15, 0.2) is 46.9 Å². The summed E-state index contributed by atoms with van der Waals surface area (Å²) in [6, 6.07) is 13.2. The van der Waals surface area contributed by atoms with Crippen LogP contribution in [0.1, 0.15) is 47.2 Å². The van der Waals surface area contributed by atoms with E-state index < -0.39 is 5.97 Å². The van der Waals surface area contributed by atoms with Gasteiger partial charge in [0, 0.05) is 10.9 Å². The number of carboxylic acids is 1. The van der Waals surface area contributed by atoms with Gasteiger partial charge in [-0.1, -0.05) is 24.3 Å². The van der Waals surface area contributed by atoms with Crippen molar-refractivity contribution < 1.29 is 23.8 Å². The highest BCUT2D eigenvalue weighted by atomic mass is 16.5. The standard InChI is InChI=1S/C28H27NO5/c1-15-7-10-24(32-14-17-11-18-8-9-19(12-17)33-18)25-21(28(30)31)13-22(29-26(15)25)27-16(2)20-5-3-4-6-23(20)34-27/h3-7,10,13,17-19H,8-9,11-12,14H2,1-2H3,(H,30,31)/t17?,18-,19+.